The number of fused-ring (bicyclic) bond motifs is 1. The number of nitrogens with zero attached hydrogens (tertiary/aromatic N) is 2. The van der Waals surface area contributed by atoms with Crippen molar-refractivity contribution in [2.45, 2.75) is 19.5 Å². The zero-order chi connectivity index (χ0) is 9.97. The molecule has 1 aromatic rings. The van der Waals surface area contributed by atoms with Crippen LogP contribution in [0.5, 0.6) is 0 Å². The highest BCUT2D eigenvalue weighted by molar-refractivity contribution is 5.82. The first-order valence-electron chi connectivity index (χ1n) is 4.85. The van der Waals surface area contributed by atoms with Gasteiger partial charge in [0.2, 0.25) is 5.91 Å². The van der Waals surface area contributed by atoms with Gasteiger partial charge in [-0.3, -0.25) is 10.1 Å². The molecule has 5 heteroatoms. The average Bonchev–Trinajstić information content (AvgIpc) is 2.65. The Bertz CT molecular complexity index is 333. The smallest absolute Gasteiger partial charge is 0.244 e. The minimum Gasteiger partial charge on any atom is -0.355 e. The van der Waals surface area contributed by atoms with E-state index in [1.807, 2.05) is 17.7 Å². The molecule has 1 aliphatic rings. The molecule has 1 aliphatic heterocycles. The maximum atomic E-state index is 11.6. The number of carbonyl (C=O) groups excluding carboxylic acids is 1. The molecule has 2 N–H and O–H groups in total. The molecule has 0 bridgehead atoms. The first-order valence-corrected chi connectivity index (χ1v) is 4.85. The van der Waals surface area contributed by atoms with E-state index >= 15 is 0 Å². The summed E-state index contributed by atoms with van der Waals surface area (Å²) in [4.78, 5) is 15.8. The first kappa shape index (κ1) is 9.21. The predicted octanol–water partition coefficient (Wildman–Crippen LogP) is -0.336. The second kappa shape index (κ2) is 3.79. The van der Waals surface area contributed by atoms with Gasteiger partial charge in [-0.1, -0.05) is 0 Å². The van der Waals surface area contributed by atoms with Gasteiger partial charge in [-0.25, -0.2) is 4.98 Å². The standard InChI is InChI=1S/C9H14N4O/c1-2-10-9(14)7-8-12-4-6-13(8)5-3-11-7/h4,6-7,11H,2-3,5H2,1H3,(H,10,14). The lowest BCUT2D eigenvalue weighted by Crippen LogP contribution is -2.43. The summed E-state index contributed by atoms with van der Waals surface area (Å²) in [5.74, 6) is 0.807. The summed E-state index contributed by atoms with van der Waals surface area (Å²) in [7, 11) is 0. The molecule has 76 valence electrons. The Hall–Kier alpha value is -1.36. The number of carbonyl (C=O) groups is 1. The van der Waals surface area contributed by atoms with Gasteiger partial charge in [0.05, 0.1) is 0 Å². The van der Waals surface area contributed by atoms with Crippen LogP contribution in [0.15, 0.2) is 12.4 Å². The summed E-state index contributed by atoms with van der Waals surface area (Å²) in [5.41, 5.74) is 0. The van der Waals surface area contributed by atoms with Crippen LogP contribution in [-0.2, 0) is 11.3 Å². The van der Waals surface area contributed by atoms with Crippen LogP contribution in [0, 0.1) is 0 Å². The van der Waals surface area contributed by atoms with E-state index in [1.54, 1.807) is 6.20 Å². The molecule has 5 nitrogen and oxygen atoms in total. The molecular weight excluding hydrogens is 180 g/mol. The molecule has 2 rings (SSSR count). The van der Waals surface area contributed by atoms with E-state index in [0.717, 1.165) is 18.9 Å². The molecule has 1 atom stereocenters. The number of aromatic nitrogens is 2. The third-order valence-corrected chi connectivity index (χ3v) is 2.32. The second-order valence-electron chi connectivity index (χ2n) is 3.26. The van der Waals surface area contributed by atoms with Crippen LogP contribution < -0.4 is 10.6 Å². The van der Waals surface area contributed by atoms with Crippen molar-refractivity contribution < 1.29 is 4.79 Å². The molecule has 1 unspecified atom stereocenters. The fourth-order valence-corrected chi connectivity index (χ4v) is 1.68. The summed E-state index contributed by atoms with van der Waals surface area (Å²) < 4.78 is 2.01. The molecule has 0 spiro atoms. The summed E-state index contributed by atoms with van der Waals surface area (Å²) in [6, 6.07) is -0.293. The van der Waals surface area contributed by atoms with E-state index in [0.29, 0.717) is 6.54 Å². The van der Waals surface area contributed by atoms with E-state index in [9.17, 15) is 4.79 Å². The number of hydrogen-bond donors (Lipinski definition) is 2. The second-order valence-corrected chi connectivity index (χ2v) is 3.26. The molecule has 0 aromatic carbocycles. The van der Waals surface area contributed by atoms with Crippen LogP contribution in [0.1, 0.15) is 18.8 Å². The normalized spacial score (nSPS) is 20.2. The van der Waals surface area contributed by atoms with Crippen molar-refractivity contribution in [1.82, 2.24) is 20.2 Å². The fourth-order valence-electron chi connectivity index (χ4n) is 1.68. The summed E-state index contributed by atoms with van der Waals surface area (Å²) >= 11 is 0. The average molecular weight is 194 g/mol. The number of amides is 1. The van der Waals surface area contributed by atoms with E-state index in [1.165, 1.54) is 0 Å². The maximum absolute atomic E-state index is 11.6. The van der Waals surface area contributed by atoms with Gasteiger partial charge in [0.1, 0.15) is 11.9 Å². The van der Waals surface area contributed by atoms with E-state index < -0.39 is 0 Å². The quantitative estimate of drug-likeness (QED) is 0.677. The number of rotatable bonds is 2. The van der Waals surface area contributed by atoms with Crippen molar-refractivity contribution in [1.29, 1.82) is 0 Å². The Kier molecular flexibility index (Phi) is 2.49. The van der Waals surface area contributed by atoms with Gasteiger partial charge in [-0.05, 0) is 6.92 Å². The van der Waals surface area contributed by atoms with Gasteiger partial charge in [0.25, 0.3) is 0 Å². The van der Waals surface area contributed by atoms with Crippen LogP contribution >= 0.6 is 0 Å². The summed E-state index contributed by atoms with van der Waals surface area (Å²) in [5, 5.41) is 5.94. The van der Waals surface area contributed by atoms with E-state index in [2.05, 4.69) is 15.6 Å². The first-order chi connectivity index (χ1) is 6.83. The van der Waals surface area contributed by atoms with Crippen LogP contribution in [0.2, 0.25) is 0 Å². The van der Waals surface area contributed by atoms with Crippen molar-refractivity contribution in [2.24, 2.45) is 0 Å². The van der Waals surface area contributed by atoms with Crippen LogP contribution in [0.4, 0.5) is 0 Å². The minimum atomic E-state index is -0.293. The Labute approximate surface area is 82.5 Å². The molecule has 0 saturated carbocycles. The Morgan fingerprint density at radius 1 is 1.86 bits per heavy atom. The van der Waals surface area contributed by atoms with E-state index in [4.69, 9.17) is 0 Å². The SMILES string of the molecule is CCNC(=O)C1NCCn2ccnc21. The maximum Gasteiger partial charge on any atom is 0.244 e. The molecule has 0 saturated heterocycles. The Morgan fingerprint density at radius 3 is 3.50 bits per heavy atom. The van der Waals surface area contributed by atoms with Crippen molar-refractivity contribution >= 4 is 5.91 Å². The molecule has 14 heavy (non-hydrogen) atoms. The highest BCUT2D eigenvalue weighted by atomic mass is 16.2. The number of nitrogens with one attached hydrogen (secondary N) is 2. The lowest BCUT2D eigenvalue weighted by atomic mass is 10.2. The highest BCUT2D eigenvalue weighted by Crippen LogP contribution is 2.14. The third kappa shape index (κ3) is 1.50. The highest BCUT2D eigenvalue weighted by Gasteiger charge is 2.26. The van der Waals surface area contributed by atoms with Crippen LogP contribution in [0.3, 0.4) is 0 Å². The molecular formula is C9H14N4O. The van der Waals surface area contributed by atoms with Gasteiger partial charge >= 0.3 is 0 Å². The largest absolute Gasteiger partial charge is 0.355 e. The van der Waals surface area contributed by atoms with Gasteiger partial charge < -0.3 is 9.88 Å². The van der Waals surface area contributed by atoms with Crippen LogP contribution in [0.25, 0.3) is 0 Å². The zero-order valence-corrected chi connectivity index (χ0v) is 8.16. The lowest BCUT2D eigenvalue weighted by Gasteiger charge is -2.23. The van der Waals surface area contributed by atoms with Gasteiger partial charge in [0.15, 0.2) is 0 Å². The van der Waals surface area contributed by atoms with Gasteiger partial charge in [-0.15, -0.1) is 0 Å². The lowest BCUT2D eigenvalue weighted by molar-refractivity contribution is -0.123. The molecule has 0 fully saturated rings. The monoisotopic (exact) mass is 194 g/mol. The third-order valence-electron chi connectivity index (χ3n) is 2.32. The molecule has 0 aliphatic carbocycles. The summed E-state index contributed by atoms with van der Waals surface area (Å²) in [6.45, 7) is 4.25. The van der Waals surface area contributed by atoms with Crippen molar-refractivity contribution in [3.05, 3.63) is 18.2 Å². The Morgan fingerprint density at radius 2 is 2.71 bits per heavy atom. The number of likely N-dealkylation sites (N-methyl/N-ethyl adjacent to an activating group) is 1. The minimum absolute atomic E-state index is 0.000324. The van der Waals surface area contributed by atoms with Crippen molar-refractivity contribution in [2.75, 3.05) is 13.1 Å². The number of hydrogen-bond acceptors (Lipinski definition) is 3. The number of imidazole rings is 1. The Balaban J connectivity index is 2.19. The molecule has 1 amide bonds. The van der Waals surface area contributed by atoms with E-state index in [-0.39, 0.29) is 11.9 Å². The topological polar surface area (TPSA) is 59.0 Å². The molecule has 2 heterocycles. The predicted molar refractivity (Wildman–Crippen MR) is 51.7 cm³/mol. The van der Waals surface area contributed by atoms with Crippen molar-refractivity contribution in [3.8, 4) is 0 Å². The zero-order valence-electron chi connectivity index (χ0n) is 8.16. The summed E-state index contributed by atoms with van der Waals surface area (Å²) in [6.07, 6.45) is 3.64. The van der Waals surface area contributed by atoms with Crippen LogP contribution in [-0.4, -0.2) is 28.5 Å². The molecule has 0 radical (unpaired) electrons. The fraction of sp³-hybridized carbons (Fsp3) is 0.556. The molecule has 1 aromatic heterocycles. The van der Waals surface area contributed by atoms with Crippen molar-refractivity contribution in [3.63, 3.8) is 0 Å². The van der Waals surface area contributed by atoms with Gasteiger partial charge in [-0.2, -0.15) is 0 Å². The van der Waals surface area contributed by atoms with Gasteiger partial charge in [0, 0.05) is 32.0 Å².